The average molecular weight is 621 g/mol. The molecule has 202 valence electrons. The van der Waals surface area contributed by atoms with Crippen molar-refractivity contribution in [3.05, 3.63) is 93.9 Å². The highest BCUT2D eigenvalue weighted by Crippen LogP contribution is 2.26. The second kappa shape index (κ2) is 12.3. The summed E-state index contributed by atoms with van der Waals surface area (Å²) in [6.45, 7) is 6.80. The van der Waals surface area contributed by atoms with E-state index in [1.165, 1.54) is 17.0 Å². The largest absolute Gasteiger partial charge is 0.350 e. The lowest BCUT2D eigenvalue weighted by atomic mass is 10.1. The molecule has 0 radical (unpaired) electrons. The molecule has 0 aliphatic heterocycles. The van der Waals surface area contributed by atoms with Crippen molar-refractivity contribution >= 4 is 55.1 Å². The Balaban J connectivity index is 2.01. The first kappa shape index (κ1) is 29.7. The minimum atomic E-state index is -4.11. The highest BCUT2D eigenvalue weighted by Gasteiger charge is 2.33. The van der Waals surface area contributed by atoms with Crippen LogP contribution in [0.4, 0.5) is 5.69 Å². The van der Waals surface area contributed by atoms with Gasteiger partial charge >= 0.3 is 0 Å². The van der Waals surface area contributed by atoms with Crippen LogP contribution >= 0.6 is 27.5 Å². The van der Waals surface area contributed by atoms with E-state index in [2.05, 4.69) is 21.2 Å². The molecule has 2 amide bonds. The zero-order valence-electron chi connectivity index (χ0n) is 21.7. The molecular weight excluding hydrogens is 590 g/mol. The third kappa shape index (κ3) is 7.82. The summed E-state index contributed by atoms with van der Waals surface area (Å²) in [5.74, 6) is -0.870. The molecule has 1 N–H and O–H groups in total. The molecule has 0 unspecified atom stereocenters. The smallest absolute Gasteiger partial charge is 0.264 e. The number of nitrogens with zero attached hydrogens (tertiary/aromatic N) is 2. The third-order valence-corrected chi connectivity index (χ3v) is 8.23. The molecule has 0 aliphatic rings. The van der Waals surface area contributed by atoms with Gasteiger partial charge in [-0.15, -0.1) is 0 Å². The highest BCUT2D eigenvalue weighted by molar-refractivity contribution is 9.10. The monoisotopic (exact) mass is 619 g/mol. The molecule has 0 aliphatic carbocycles. The maximum Gasteiger partial charge on any atom is 0.264 e. The number of hydrogen-bond acceptors (Lipinski definition) is 4. The Morgan fingerprint density at radius 2 is 1.53 bits per heavy atom. The topological polar surface area (TPSA) is 86.8 Å². The number of carbonyl (C=O) groups is 2. The van der Waals surface area contributed by atoms with Crippen molar-refractivity contribution in [2.45, 2.75) is 50.7 Å². The minimum absolute atomic E-state index is 0.0423. The summed E-state index contributed by atoms with van der Waals surface area (Å²) in [6, 6.07) is 20.6. The van der Waals surface area contributed by atoms with Crippen LogP contribution < -0.4 is 9.62 Å². The van der Waals surface area contributed by atoms with Gasteiger partial charge in [0.05, 0.1) is 10.6 Å². The number of amides is 2. The zero-order valence-corrected chi connectivity index (χ0v) is 24.8. The minimum Gasteiger partial charge on any atom is -0.350 e. The predicted molar refractivity (Wildman–Crippen MR) is 154 cm³/mol. The molecule has 0 heterocycles. The Hall–Kier alpha value is -2.88. The van der Waals surface area contributed by atoms with E-state index in [-0.39, 0.29) is 23.0 Å². The first-order chi connectivity index (χ1) is 17.8. The Labute approximate surface area is 238 Å². The number of rotatable bonds is 9. The average Bonchev–Trinajstić information content (AvgIpc) is 2.86. The molecule has 1 atom stereocenters. The third-order valence-electron chi connectivity index (χ3n) is 5.66. The van der Waals surface area contributed by atoms with Crippen LogP contribution in [-0.4, -0.2) is 43.3 Å². The number of halogens is 2. The van der Waals surface area contributed by atoms with Crippen LogP contribution in [0.1, 0.15) is 33.3 Å². The quantitative estimate of drug-likeness (QED) is 0.336. The number of benzene rings is 3. The fourth-order valence-electron chi connectivity index (χ4n) is 3.70. The van der Waals surface area contributed by atoms with E-state index in [1.807, 2.05) is 45.0 Å². The van der Waals surface area contributed by atoms with Gasteiger partial charge in [-0.2, -0.15) is 0 Å². The number of hydrogen-bond donors (Lipinski definition) is 1. The molecule has 3 aromatic rings. The van der Waals surface area contributed by atoms with Crippen molar-refractivity contribution < 1.29 is 18.0 Å². The molecular formula is C28H31BrClN3O4S. The first-order valence-electron chi connectivity index (χ1n) is 12.0. The Morgan fingerprint density at radius 1 is 0.947 bits per heavy atom. The van der Waals surface area contributed by atoms with E-state index in [9.17, 15) is 18.0 Å². The maximum absolute atomic E-state index is 13.9. The molecule has 7 nitrogen and oxygen atoms in total. The fraction of sp³-hybridized carbons (Fsp3) is 0.286. The Bertz CT molecular complexity index is 1360. The summed E-state index contributed by atoms with van der Waals surface area (Å²) in [5.41, 5.74) is 0.562. The standard InChI is InChI=1S/C28H31BrClN3O4S/c1-20(27(35)31-28(2,3)4)32(18-21-10-12-22(29)13-11-21)26(34)19-33(24-16-14-23(30)15-17-24)38(36,37)25-8-6-5-7-9-25/h5-17,20H,18-19H2,1-4H3,(H,31,35)/t20-/m1/s1. The van der Waals surface area contributed by atoms with Gasteiger partial charge in [-0.3, -0.25) is 13.9 Å². The summed E-state index contributed by atoms with van der Waals surface area (Å²) < 4.78 is 29.3. The molecule has 0 bridgehead atoms. The Morgan fingerprint density at radius 3 is 2.08 bits per heavy atom. The number of anilines is 1. The number of sulfonamides is 1. The molecule has 0 saturated carbocycles. The van der Waals surface area contributed by atoms with Gasteiger partial charge in [0.1, 0.15) is 12.6 Å². The lowest BCUT2D eigenvalue weighted by Gasteiger charge is -2.33. The van der Waals surface area contributed by atoms with E-state index in [4.69, 9.17) is 11.6 Å². The van der Waals surface area contributed by atoms with Crippen molar-refractivity contribution in [3.63, 3.8) is 0 Å². The summed E-state index contributed by atoms with van der Waals surface area (Å²) in [6.07, 6.45) is 0. The van der Waals surface area contributed by atoms with Gasteiger partial charge in [0.2, 0.25) is 11.8 Å². The van der Waals surface area contributed by atoms with Crippen molar-refractivity contribution in [3.8, 4) is 0 Å². The van der Waals surface area contributed by atoms with Gasteiger partial charge in [0, 0.05) is 21.6 Å². The molecule has 3 aromatic carbocycles. The van der Waals surface area contributed by atoms with Gasteiger partial charge in [0.15, 0.2) is 0 Å². The predicted octanol–water partition coefficient (Wildman–Crippen LogP) is 5.63. The van der Waals surface area contributed by atoms with Crippen LogP contribution in [0.15, 0.2) is 88.2 Å². The highest BCUT2D eigenvalue weighted by atomic mass is 79.9. The van der Waals surface area contributed by atoms with Crippen LogP contribution in [0.3, 0.4) is 0 Å². The van der Waals surface area contributed by atoms with Crippen LogP contribution in [0, 0.1) is 0 Å². The molecule has 0 aromatic heterocycles. The van der Waals surface area contributed by atoms with E-state index < -0.39 is 34.1 Å². The van der Waals surface area contributed by atoms with Crippen LogP contribution in [0.25, 0.3) is 0 Å². The van der Waals surface area contributed by atoms with E-state index >= 15 is 0 Å². The lowest BCUT2D eigenvalue weighted by Crippen LogP contribution is -2.54. The molecule has 3 rings (SSSR count). The normalized spacial score (nSPS) is 12.5. The van der Waals surface area contributed by atoms with Gasteiger partial charge in [-0.25, -0.2) is 8.42 Å². The van der Waals surface area contributed by atoms with E-state index in [1.54, 1.807) is 49.4 Å². The zero-order chi connectivity index (χ0) is 28.1. The fourth-order valence-corrected chi connectivity index (χ4v) is 5.52. The molecule has 0 fully saturated rings. The van der Waals surface area contributed by atoms with Crippen molar-refractivity contribution in [2.24, 2.45) is 0 Å². The summed E-state index contributed by atoms with van der Waals surface area (Å²) in [7, 11) is -4.11. The van der Waals surface area contributed by atoms with Crippen LogP contribution in [-0.2, 0) is 26.2 Å². The van der Waals surface area contributed by atoms with Crippen molar-refractivity contribution in [1.29, 1.82) is 0 Å². The van der Waals surface area contributed by atoms with Crippen molar-refractivity contribution in [2.75, 3.05) is 10.8 Å². The molecule has 0 spiro atoms. The van der Waals surface area contributed by atoms with E-state index in [0.29, 0.717) is 5.02 Å². The number of carbonyl (C=O) groups excluding carboxylic acids is 2. The summed E-state index contributed by atoms with van der Waals surface area (Å²) >= 11 is 9.45. The Kier molecular flexibility index (Phi) is 9.62. The molecule has 10 heteroatoms. The molecule has 0 saturated heterocycles. The maximum atomic E-state index is 13.9. The second-order valence-electron chi connectivity index (χ2n) is 9.86. The van der Waals surface area contributed by atoms with Gasteiger partial charge in [0.25, 0.3) is 10.0 Å². The van der Waals surface area contributed by atoms with Crippen molar-refractivity contribution in [1.82, 2.24) is 10.2 Å². The van der Waals surface area contributed by atoms with Gasteiger partial charge in [-0.05, 0) is 81.8 Å². The van der Waals surface area contributed by atoms with Crippen LogP contribution in [0.2, 0.25) is 5.02 Å². The SMILES string of the molecule is C[C@H](C(=O)NC(C)(C)C)N(Cc1ccc(Br)cc1)C(=O)CN(c1ccc(Cl)cc1)S(=O)(=O)c1ccccc1. The second-order valence-corrected chi connectivity index (χ2v) is 13.1. The van der Waals surface area contributed by atoms with Gasteiger partial charge < -0.3 is 10.2 Å². The van der Waals surface area contributed by atoms with Crippen LogP contribution in [0.5, 0.6) is 0 Å². The molecule has 38 heavy (non-hydrogen) atoms. The first-order valence-corrected chi connectivity index (χ1v) is 14.6. The van der Waals surface area contributed by atoms with Gasteiger partial charge in [-0.1, -0.05) is 57.9 Å². The summed E-state index contributed by atoms with van der Waals surface area (Å²) in [5, 5.41) is 3.34. The van der Waals surface area contributed by atoms with E-state index in [0.717, 1.165) is 14.3 Å². The summed E-state index contributed by atoms with van der Waals surface area (Å²) in [4.78, 5) is 28.4. The lowest BCUT2D eigenvalue weighted by molar-refractivity contribution is -0.140. The number of nitrogens with one attached hydrogen (secondary N) is 1.